The summed E-state index contributed by atoms with van der Waals surface area (Å²) in [6, 6.07) is 4.34. The van der Waals surface area contributed by atoms with E-state index < -0.39 is 0 Å². The Balaban J connectivity index is 2.22. The first-order chi connectivity index (χ1) is 7.83. The molecule has 2 nitrogen and oxygen atoms in total. The molecule has 16 heavy (non-hydrogen) atoms. The molecule has 0 atom stereocenters. The van der Waals surface area contributed by atoms with Gasteiger partial charge >= 0.3 is 0 Å². The zero-order valence-electron chi connectivity index (χ0n) is 10.0. The molecule has 0 spiro atoms. The Morgan fingerprint density at radius 2 is 2.19 bits per heavy atom. The van der Waals surface area contributed by atoms with Crippen LogP contribution in [0.4, 0.5) is 0 Å². The van der Waals surface area contributed by atoms with Crippen LogP contribution in [0.3, 0.4) is 0 Å². The molecule has 0 bridgehead atoms. The molecule has 0 N–H and O–H groups in total. The van der Waals surface area contributed by atoms with E-state index in [-0.39, 0.29) is 0 Å². The third-order valence-electron chi connectivity index (χ3n) is 3.09. The summed E-state index contributed by atoms with van der Waals surface area (Å²) in [5, 5.41) is 2.15. The molecule has 1 aliphatic rings. The number of allylic oxidation sites excluding steroid dienone is 2. The predicted molar refractivity (Wildman–Crippen MR) is 69.6 cm³/mol. The minimum atomic E-state index is 0.860. The number of hydrogen-bond acceptors (Lipinski definition) is 3. The number of morpholine rings is 1. The van der Waals surface area contributed by atoms with Gasteiger partial charge in [0.25, 0.3) is 0 Å². The molecule has 0 aromatic carbocycles. The first kappa shape index (κ1) is 11.7. The van der Waals surface area contributed by atoms with Gasteiger partial charge in [-0.15, -0.1) is 11.3 Å². The summed E-state index contributed by atoms with van der Waals surface area (Å²) in [6.07, 6.45) is 1.10. The van der Waals surface area contributed by atoms with E-state index in [0.29, 0.717) is 0 Å². The minimum absolute atomic E-state index is 0.860. The Morgan fingerprint density at radius 1 is 1.44 bits per heavy atom. The van der Waals surface area contributed by atoms with Crippen molar-refractivity contribution in [2.24, 2.45) is 0 Å². The molecule has 1 fully saturated rings. The van der Waals surface area contributed by atoms with Gasteiger partial charge in [-0.3, -0.25) is 0 Å². The van der Waals surface area contributed by atoms with E-state index in [4.69, 9.17) is 4.74 Å². The lowest BCUT2D eigenvalue weighted by Crippen LogP contribution is -2.35. The molecule has 0 amide bonds. The van der Waals surface area contributed by atoms with Crippen LogP contribution in [0.15, 0.2) is 23.2 Å². The fourth-order valence-corrected chi connectivity index (χ4v) is 3.04. The topological polar surface area (TPSA) is 12.5 Å². The van der Waals surface area contributed by atoms with E-state index in [1.54, 1.807) is 0 Å². The van der Waals surface area contributed by atoms with Gasteiger partial charge in [0.15, 0.2) is 0 Å². The molecule has 2 heterocycles. The maximum Gasteiger partial charge on any atom is 0.0642 e. The van der Waals surface area contributed by atoms with E-state index >= 15 is 0 Å². The molecule has 2 rings (SSSR count). The van der Waals surface area contributed by atoms with Gasteiger partial charge < -0.3 is 9.64 Å². The van der Waals surface area contributed by atoms with E-state index in [2.05, 4.69) is 36.3 Å². The second kappa shape index (κ2) is 5.51. The fraction of sp³-hybridized carbons (Fsp3) is 0.538. The molecule has 1 aliphatic heterocycles. The first-order valence-corrected chi connectivity index (χ1v) is 6.77. The van der Waals surface area contributed by atoms with Crippen molar-refractivity contribution in [3.8, 4) is 0 Å². The van der Waals surface area contributed by atoms with E-state index in [1.807, 2.05) is 11.3 Å². The molecule has 88 valence electrons. The van der Waals surface area contributed by atoms with Crippen LogP contribution in [-0.2, 0) is 4.74 Å². The van der Waals surface area contributed by atoms with Crippen LogP contribution in [-0.4, -0.2) is 31.2 Å². The van der Waals surface area contributed by atoms with Crippen LogP contribution in [0.2, 0.25) is 0 Å². The zero-order chi connectivity index (χ0) is 11.4. The monoisotopic (exact) mass is 237 g/mol. The van der Waals surface area contributed by atoms with Crippen LogP contribution in [0.25, 0.3) is 5.57 Å². The minimum Gasteiger partial charge on any atom is -0.378 e. The second-order valence-corrected chi connectivity index (χ2v) is 4.94. The first-order valence-electron chi connectivity index (χ1n) is 5.89. The van der Waals surface area contributed by atoms with Crippen molar-refractivity contribution in [3.63, 3.8) is 0 Å². The molecule has 1 aromatic heterocycles. The Kier molecular flexibility index (Phi) is 4.02. The van der Waals surface area contributed by atoms with Crippen molar-refractivity contribution in [1.29, 1.82) is 0 Å². The summed E-state index contributed by atoms with van der Waals surface area (Å²) >= 11 is 1.83. The normalized spacial score (nSPS) is 18.5. The number of rotatable bonds is 3. The molecule has 0 aliphatic carbocycles. The molecular formula is C13H19NOS. The Hall–Kier alpha value is -0.800. The average Bonchev–Trinajstić information content (AvgIpc) is 2.85. The molecule has 0 radical (unpaired) electrons. The number of nitrogens with zero attached hydrogens (tertiary/aromatic N) is 1. The molecule has 0 saturated carbocycles. The van der Waals surface area contributed by atoms with Gasteiger partial charge in [-0.1, -0.05) is 13.0 Å². The van der Waals surface area contributed by atoms with Gasteiger partial charge in [-0.25, -0.2) is 0 Å². The largest absolute Gasteiger partial charge is 0.378 e. The maximum atomic E-state index is 5.39. The maximum absolute atomic E-state index is 5.39. The smallest absolute Gasteiger partial charge is 0.0642 e. The Labute approximate surface area is 102 Å². The van der Waals surface area contributed by atoms with Crippen molar-refractivity contribution < 1.29 is 4.74 Å². The highest BCUT2D eigenvalue weighted by Gasteiger charge is 2.14. The van der Waals surface area contributed by atoms with Gasteiger partial charge in [-0.2, -0.15) is 0 Å². The van der Waals surface area contributed by atoms with Crippen molar-refractivity contribution in [2.75, 3.05) is 26.3 Å². The third kappa shape index (κ3) is 2.47. The summed E-state index contributed by atoms with van der Waals surface area (Å²) in [5.74, 6) is 0. The number of ether oxygens (including phenoxy) is 1. The van der Waals surface area contributed by atoms with E-state index in [9.17, 15) is 0 Å². The van der Waals surface area contributed by atoms with E-state index in [1.165, 1.54) is 16.1 Å². The Bertz CT molecular complexity index is 350. The lowest BCUT2D eigenvalue weighted by atomic mass is 10.1. The highest BCUT2D eigenvalue weighted by molar-refractivity contribution is 7.11. The van der Waals surface area contributed by atoms with Crippen LogP contribution < -0.4 is 0 Å². The van der Waals surface area contributed by atoms with Gasteiger partial charge in [0.05, 0.1) is 13.2 Å². The lowest BCUT2D eigenvalue weighted by molar-refractivity contribution is 0.0540. The number of thiophene rings is 1. The number of hydrogen-bond donors (Lipinski definition) is 0. The summed E-state index contributed by atoms with van der Waals surface area (Å²) in [7, 11) is 0. The summed E-state index contributed by atoms with van der Waals surface area (Å²) < 4.78 is 5.39. The Morgan fingerprint density at radius 3 is 2.75 bits per heavy atom. The average molecular weight is 237 g/mol. The molecule has 1 saturated heterocycles. The van der Waals surface area contributed by atoms with Gasteiger partial charge in [0.2, 0.25) is 0 Å². The third-order valence-corrected chi connectivity index (χ3v) is 4.02. The van der Waals surface area contributed by atoms with Gasteiger partial charge in [-0.05, 0) is 30.4 Å². The fourth-order valence-electron chi connectivity index (χ4n) is 2.15. The highest BCUT2D eigenvalue weighted by Crippen LogP contribution is 2.28. The highest BCUT2D eigenvalue weighted by atomic mass is 32.1. The molecule has 3 heteroatoms. The summed E-state index contributed by atoms with van der Waals surface area (Å²) in [4.78, 5) is 3.86. The summed E-state index contributed by atoms with van der Waals surface area (Å²) in [6.45, 7) is 8.25. The standard InChI is InChI=1S/C13H19NOS/c1-3-12(13-5-4-10-16-13)11(2)14-6-8-15-9-7-14/h4-5,10H,3,6-9H2,1-2H3/b12-11+. The SMILES string of the molecule is CC/C(=C(/C)N1CCOCC1)c1cccs1. The predicted octanol–water partition coefficient (Wildman–Crippen LogP) is 3.22. The van der Waals surface area contributed by atoms with Gasteiger partial charge in [0, 0.05) is 23.7 Å². The van der Waals surface area contributed by atoms with Crippen LogP contribution in [0.1, 0.15) is 25.1 Å². The van der Waals surface area contributed by atoms with Crippen molar-refractivity contribution in [3.05, 3.63) is 28.1 Å². The van der Waals surface area contributed by atoms with E-state index in [0.717, 1.165) is 32.7 Å². The van der Waals surface area contributed by atoms with Gasteiger partial charge in [0.1, 0.15) is 0 Å². The van der Waals surface area contributed by atoms with Crippen LogP contribution in [0, 0.1) is 0 Å². The summed E-state index contributed by atoms with van der Waals surface area (Å²) in [5.41, 5.74) is 2.91. The van der Waals surface area contributed by atoms with Crippen molar-refractivity contribution >= 4 is 16.9 Å². The quantitative estimate of drug-likeness (QED) is 0.800. The van der Waals surface area contributed by atoms with Crippen molar-refractivity contribution in [2.45, 2.75) is 20.3 Å². The molecular weight excluding hydrogens is 218 g/mol. The molecule has 0 unspecified atom stereocenters. The van der Waals surface area contributed by atoms with Crippen LogP contribution in [0.5, 0.6) is 0 Å². The zero-order valence-corrected chi connectivity index (χ0v) is 10.8. The molecule has 1 aromatic rings. The van der Waals surface area contributed by atoms with Crippen LogP contribution >= 0.6 is 11.3 Å². The van der Waals surface area contributed by atoms with Crippen molar-refractivity contribution in [1.82, 2.24) is 4.90 Å². The lowest BCUT2D eigenvalue weighted by Gasteiger charge is -2.31. The second-order valence-electron chi connectivity index (χ2n) is 3.99.